The highest BCUT2D eigenvalue weighted by Gasteiger charge is 2.52. The van der Waals surface area contributed by atoms with Crippen LogP contribution in [-0.4, -0.2) is 47.6 Å². The largest absolute Gasteiger partial charge is 0.378 e. The molecule has 3 rings (SSSR count). The second-order valence-corrected chi connectivity index (χ2v) is 6.35. The molecule has 1 N–H and O–H groups in total. The van der Waals surface area contributed by atoms with Crippen LogP contribution in [-0.2, 0) is 14.3 Å². The zero-order valence-corrected chi connectivity index (χ0v) is 12.2. The van der Waals surface area contributed by atoms with Crippen molar-refractivity contribution >= 4 is 11.8 Å². The molecule has 0 bridgehead atoms. The molecule has 0 aromatic heterocycles. The molecule has 5 nitrogen and oxygen atoms in total. The molecule has 3 fully saturated rings. The molecule has 5 heteroatoms. The van der Waals surface area contributed by atoms with Crippen LogP contribution in [0.5, 0.6) is 0 Å². The summed E-state index contributed by atoms with van der Waals surface area (Å²) in [5.41, 5.74) is -0.567. The number of piperazine rings is 1. The van der Waals surface area contributed by atoms with E-state index in [4.69, 9.17) is 4.74 Å². The molecule has 0 aromatic carbocycles. The minimum atomic E-state index is -0.567. The molecule has 1 spiro atoms. The van der Waals surface area contributed by atoms with Gasteiger partial charge in [0.15, 0.2) is 0 Å². The first-order valence-corrected chi connectivity index (χ1v) is 7.87. The Hall–Kier alpha value is -1.10. The number of nitrogens with one attached hydrogen (secondary N) is 1. The smallest absolute Gasteiger partial charge is 0.246 e. The van der Waals surface area contributed by atoms with Gasteiger partial charge in [-0.2, -0.15) is 0 Å². The van der Waals surface area contributed by atoms with Gasteiger partial charge < -0.3 is 15.0 Å². The zero-order chi connectivity index (χ0) is 14.2. The molecule has 20 heavy (non-hydrogen) atoms. The van der Waals surface area contributed by atoms with Gasteiger partial charge in [0, 0.05) is 13.2 Å². The van der Waals surface area contributed by atoms with E-state index in [2.05, 4.69) is 5.32 Å². The fourth-order valence-electron chi connectivity index (χ4n) is 3.89. The van der Waals surface area contributed by atoms with Crippen molar-refractivity contribution in [2.75, 3.05) is 13.2 Å². The van der Waals surface area contributed by atoms with E-state index in [0.29, 0.717) is 6.54 Å². The van der Waals surface area contributed by atoms with Crippen molar-refractivity contribution in [2.24, 2.45) is 0 Å². The molecule has 2 unspecified atom stereocenters. The summed E-state index contributed by atoms with van der Waals surface area (Å²) in [7, 11) is 0. The Morgan fingerprint density at radius 1 is 1.30 bits per heavy atom. The lowest BCUT2D eigenvalue weighted by Crippen LogP contribution is -2.69. The van der Waals surface area contributed by atoms with Crippen molar-refractivity contribution in [3.63, 3.8) is 0 Å². The average Bonchev–Trinajstić information content (AvgIpc) is 3.08. The van der Waals surface area contributed by atoms with Crippen LogP contribution < -0.4 is 5.32 Å². The Morgan fingerprint density at radius 3 is 2.70 bits per heavy atom. The Morgan fingerprint density at radius 2 is 2.05 bits per heavy atom. The molecule has 112 valence electrons. The van der Waals surface area contributed by atoms with Crippen LogP contribution in [0.2, 0.25) is 0 Å². The van der Waals surface area contributed by atoms with Crippen LogP contribution in [0.15, 0.2) is 0 Å². The van der Waals surface area contributed by atoms with E-state index in [0.717, 1.165) is 51.6 Å². The third-order valence-corrected chi connectivity index (χ3v) is 5.05. The summed E-state index contributed by atoms with van der Waals surface area (Å²) in [6.45, 7) is 3.27. The van der Waals surface area contributed by atoms with Gasteiger partial charge in [0.25, 0.3) is 0 Å². The van der Waals surface area contributed by atoms with Crippen LogP contribution in [0.3, 0.4) is 0 Å². The standard InChI is InChI=1S/C15H24N2O3/c1-11-13(18)17(9-6-12-5-4-10-20-12)15(14(19)16-11)7-2-3-8-15/h11-12H,2-10H2,1H3,(H,16,19). The van der Waals surface area contributed by atoms with Gasteiger partial charge in [-0.05, 0) is 39.0 Å². The van der Waals surface area contributed by atoms with Crippen LogP contribution >= 0.6 is 0 Å². The molecule has 2 amide bonds. The number of ether oxygens (including phenoxy) is 1. The summed E-state index contributed by atoms with van der Waals surface area (Å²) >= 11 is 0. The highest BCUT2D eigenvalue weighted by Crippen LogP contribution is 2.38. The molecular weight excluding hydrogens is 256 g/mol. The molecule has 2 atom stereocenters. The number of hydrogen-bond donors (Lipinski definition) is 1. The van der Waals surface area contributed by atoms with Gasteiger partial charge in [-0.3, -0.25) is 9.59 Å². The van der Waals surface area contributed by atoms with Crippen LogP contribution in [0.25, 0.3) is 0 Å². The third-order valence-electron chi connectivity index (χ3n) is 5.05. The fourth-order valence-corrected chi connectivity index (χ4v) is 3.89. The molecule has 3 aliphatic rings. The third kappa shape index (κ3) is 2.22. The Kier molecular flexibility index (Phi) is 3.71. The van der Waals surface area contributed by atoms with Crippen molar-refractivity contribution < 1.29 is 14.3 Å². The Labute approximate surface area is 120 Å². The van der Waals surface area contributed by atoms with Crippen molar-refractivity contribution in [2.45, 2.75) is 69.6 Å². The highest BCUT2D eigenvalue weighted by molar-refractivity contribution is 5.99. The van der Waals surface area contributed by atoms with E-state index < -0.39 is 11.6 Å². The summed E-state index contributed by atoms with van der Waals surface area (Å²) in [6.07, 6.45) is 7.00. The van der Waals surface area contributed by atoms with Crippen molar-refractivity contribution in [1.82, 2.24) is 10.2 Å². The summed E-state index contributed by atoms with van der Waals surface area (Å²) < 4.78 is 5.65. The number of hydrogen-bond acceptors (Lipinski definition) is 3. The van der Waals surface area contributed by atoms with E-state index >= 15 is 0 Å². The van der Waals surface area contributed by atoms with E-state index in [-0.39, 0.29) is 17.9 Å². The SMILES string of the molecule is CC1NC(=O)C2(CCCC2)N(CCC2CCCO2)C1=O. The maximum atomic E-state index is 12.5. The summed E-state index contributed by atoms with van der Waals surface area (Å²) in [5.74, 6) is 0.124. The monoisotopic (exact) mass is 280 g/mol. The van der Waals surface area contributed by atoms with Crippen molar-refractivity contribution in [1.29, 1.82) is 0 Å². The van der Waals surface area contributed by atoms with E-state index in [1.807, 2.05) is 4.90 Å². The number of amides is 2. The number of carbonyl (C=O) groups is 2. The topological polar surface area (TPSA) is 58.6 Å². The van der Waals surface area contributed by atoms with Gasteiger partial charge >= 0.3 is 0 Å². The predicted molar refractivity (Wildman–Crippen MR) is 74.1 cm³/mol. The average molecular weight is 280 g/mol. The molecule has 0 aromatic rings. The first kappa shape index (κ1) is 13.9. The first-order chi connectivity index (χ1) is 9.63. The molecule has 2 saturated heterocycles. The number of nitrogens with zero attached hydrogens (tertiary/aromatic N) is 1. The lowest BCUT2D eigenvalue weighted by Gasteiger charge is -2.46. The van der Waals surface area contributed by atoms with Gasteiger partial charge in [-0.25, -0.2) is 0 Å². The minimum absolute atomic E-state index is 0.0504. The van der Waals surface area contributed by atoms with Gasteiger partial charge in [-0.1, -0.05) is 12.8 Å². The predicted octanol–water partition coefficient (Wildman–Crippen LogP) is 1.22. The number of carbonyl (C=O) groups excluding carboxylic acids is 2. The van der Waals surface area contributed by atoms with E-state index in [9.17, 15) is 9.59 Å². The Bertz CT molecular complexity index is 398. The molecule has 2 aliphatic heterocycles. The van der Waals surface area contributed by atoms with Crippen LogP contribution in [0.1, 0.15) is 51.9 Å². The zero-order valence-electron chi connectivity index (χ0n) is 12.2. The normalized spacial score (nSPS) is 33.0. The fraction of sp³-hybridized carbons (Fsp3) is 0.867. The molecule has 0 radical (unpaired) electrons. The van der Waals surface area contributed by atoms with E-state index in [1.165, 1.54) is 0 Å². The molecule has 1 saturated carbocycles. The minimum Gasteiger partial charge on any atom is -0.378 e. The molecule has 2 heterocycles. The summed E-state index contributed by atoms with van der Waals surface area (Å²) in [5, 5.41) is 2.86. The second kappa shape index (κ2) is 5.35. The van der Waals surface area contributed by atoms with Gasteiger partial charge in [0.2, 0.25) is 11.8 Å². The maximum Gasteiger partial charge on any atom is 0.246 e. The lowest BCUT2D eigenvalue weighted by atomic mass is 9.89. The quantitative estimate of drug-likeness (QED) is 0.845. The van der Waals surface area contributed by atoms with Gasteiger partial charge in [0.1, 0.15) is 11.6 Å². The van der Waals surface area contributed by atoms with Crippen molar-refractivity contribution in [3.05, 3.63) is 0 Å². The molecular formula is C15H24N2O3. The number of rotatable bonds is 3. The maximum absolute atomic E-state index is 12.5. The summed E-state index contributed by atoms with van der Waals surface area (Å²) in [4.78, 5) is 26.8. The first-order valence-electron chi connectivity index (χ1n) is 7.87. The summed E-state index contributed by atoms with van der Waals surface area (Å²) in [6, 6.07) is -0.391. The van der Waals surface area contributed by atoms with Gasteiger partial charge in [-0.15, -0.1) is 0 Å². The van der Waals surface area contributed by atoms with Crippen LogP contribution in [0.4, 0.5) is 0 Å². The van der Waals surface area contributed by atoms with E-state index in [1.54, 1.807) is 6.92 Å². The van der Waals surface area contributed by atoms with Crippen molar-refractivity contribution in [3.8, 4) is 0 Å². The molecule has 1 aliphatic carbocycles. The Balaban J connectivity index is 1.75. The van der Waals surface area contributed by atoms with Crippen LogP contribution in [0, 0.1) is 0 Å². The van der Waals surface area contributed by atoms with Gasteiger partial charge in [0.05, 0.1) is 6.10 Å². The second-order valence-electron chi connectivity index (χ2n) is 6.35. The highest BCUT2D eigenvalue weighted by atomic mass is 16.5. The lowest BCUT2D eigenvalue weighted by molar-refractivity contribution is -0.157.